The Labute approximate surface area is 160 Å². The summed E-state index contributed by atoms with van der Waals surface area (Å²) in [5, 5.41) is 0. The first kappa shape index (κ1) is 19.6. The number of nitrogens with zero attached hydrogens (tertiary/aromatic N) is 2. The van der Waals surface area contributed by atoms with E-state index < -0.39 is 17.2 Å². The lowest BCUT2D eigenvalue weighted by Crippen LogP contribution is -2.38. The van der Waals surface area contributed by atoms with Gasteiger partial charge in [0.15, 0.2) is 0 Å². The summed E-state index contributed by atoms with van der Waals surface area (Å²) in [6.45, 7) is 2.11. The molecule has 0 unspecified atom stereocenters. The molecule has 28 heavy (non-hydrogen) atoms. The van der Waals surface area contributed by atoms with Crippen molar-refractivity contribution in [3.63, 3.8) is 0 Å². The predicted molar refractivity (Wildman–Crippen MR) is 101 cm³/mol. The number of carbonyl (C=O) groups excluding carboxylic acids is 2. The Morgan fingerprint density at radius 3 is 2.64 bits per heavy atom. The first-order valence-corrected chi connectivity index (χ1v) is 8.91. The van der Waals surface area contributed by atoms with Crippen LogP contribution >= 0.6 is 0 Å². The van der Waals surface area contributed by atoms with E-state index in [1.54, 1.807) is 36.1 Å². The largest absolute Gasteiger partial charge is 0.462 e. The molecule has 1 aromatic heterocycles. The highest BCUT2D eigenvalue weighted by Crippen LogP contribution is 2.17. The van der Waals surface area contributed by atoms with Crippen LogP contribution in [-0.2, 0) is 16.1 Å². The molecule has 1 saturated heterocycles. The number of carbonyl (C=O) groups is 2. The molecule has 1 fully saturated rings. The lowest BCUT2D eigenvalue weighted by Gasteiger charge is -2.17. The standard InChI is InChI=1S/C19H22N4O5/c1-12-7-23(19(27)21-17(12)25)10-16(24)22-8-14(15(20)9-22)11-28-18(26)13-5-3-2-4-6-13/h2-7,14-15H,8-11,20H2,1H3,(H,21,25,27)/t14-,15+/m1/s1. The van der Waals surface area contributed by atoms with Crippen LogP contribution < -0.4 is 17.0 Å². The highest BCUT2D eigenvalue weighted by Gasteiger charge is 2.34. The Kier molecular flexibility index (Phi) is 5.74. The number of ether oxygens (including phenoxy) is 1. The van der Waals surface area contributed by atoms with Crippen molar-refractivity contribution < 1.29 is 14.3 Å². The molecule has 148 valence electrons. The van der Waals surface area contributed by atoms with Gasteiger partial charge in [0, 0.05) is 36.8 Å². The molecule has 0 aliphatic carbocycles. The number of nitrogens with two attached hydrogens (primary N) is 1. The normalized spacial score (nSPS) is 18.9. The molecule has 1 amide bonds. The lowest BCUT2D eigenvalue weighted by molar-refractivity contribution is -0.131. The minimum atomic E-state index is -0.638. The van der Waals surface area contributed by atoms with Gasteiger partial charge >= 0.3 is 11.7 Å². The molecule has 2 atom stereocenters. The van der Waals surface area contributed by atoms with Gasteiger partial charge in [0.2, 0.25) is 5.91 Å². The fraction of sp³-hybridized carbons (Fsp3) is 0.368. The fourth-order valence-electron chi connectivity index (χ4n) is 3.10. The average molecular weight is 386 g/mol. The van der Waals surface area contributed by atoms with Crippen LogP contribution in [0, 0.1) is 12.8 Å². The predicted octanol–water partition coefficient (Wildman–Crippen LogP) is -0.512. The number of benzene rings is 1. The quantitative estimate of drug-likeness (QED) is 0.666. The molecule has 0 radical (unpaired) electrons. The molecule has 1 aromatic carbocycles. The third-order valence-corrected chi connectivity index (χ3v) is 4.78. The number of hydrogen-bond acceptors (Lipinski definition) is 6. The van der Waals surface area contributed by atoms with Crippen LogP contribution in [0.2, 0.25) is 0 Å². The van der Waals surface area contributed by atoms with E-state index in [2.05, 4.69) is 4.98 Å². The highest BCUT2D eigenvalue weighted by molar-refractivity contribution is 5.89. The minimum Gasteiger partial charge on any atom is -0.462 e. The van der Waals surface area contributed by atoms with Gasteiger partial charge in [-0.25, -0.2) is 9.59 Å². The van der Waals surface area contributed by atoms with Gasteiger partial charge in [-0.3, -0.25) is 19.1 Å². The zero-order chi connectivity index (χ0) is 20.3. The van der Waals surface area contributed by atoms with Crippen molar-refractivity contribution in [1.82, 2.24) is 14.5 Å². The second-order valence-corrected chi connectivity index (χ2v) is 6.89. The van der Waals surface area contributed by atoms with Gasteiger partial charge in [0.1, 0.15) is 6.54 Å². The molecule has 1 aliphatic rings. The van der Waals surface area contributed by atoms with E-state index in [-0.39, 0.29) is 31.0 Å². The number of aromatic amines is 1. The van der Waals surface area contributed by atoms with Crippen LogP contribution in [0.25, 0.3) is 0 Å². The fourth-order valence-corrected chi connectivity index (χ4v) is 3.10. The monoisotopic (exact) mass is 386 g/mol. The van der Waals surface area contributed by atoms with Crippen LogP contribution in [0.3, 0.4) is 0 Å². The summed E-state index contributed by atoms with van der Waals surface area (Å²) in [5.74, 6) is -0.917. The van der Waals surface area contributed by atoms with E-state index in [9.17, 15) is 19.2 Å². The van der Waals surface area contributed by atoms with Crippen LogP contribution in [0.5, 0.6) is 0 Å². The molecule has 9 heteroatoms. The number of likely N-dealkylation sites (tertiary alicyclic amines) is 1. The zero-order valence-electron chi connectivity index (χ0n) is 15.5. The van der Waals surface area contributed by atoms with Crippen molar-refractivity contribution in [1.29, 1.82) is 0 Å². The third kappa shape index (κ3) is 4.37. The number of hydrogen-bond donors (Lipinski definition) is 2. The molecular formula is C19H22N4O5. The molecule has 2 aromatic rings. The van der Waals surface area contributed by atoms with Gasteiger partial charge in [-0.2, -0.15) is 0 Å². The maximum Gasteiger partial charge on any atom is 0.338 e. The Bertz CT molecular complexity index is 982. The molecule has 0 spiro atoms. The second-order valence-electron chi connectivity index (χ2n) is 6.89. The van der Waals surface area contributed by atoms with Crippen LogP contribution in [0.15, 0.2) is 46.1 Å². The number of esters is 1. The highest BCUT2D eigenvalue weighted by atomic mass is 16.5. The topological polar surface area (TPSA) is 127 Å². The van der Waals surface area contributed by atoms with E-state index in [0.717, 1.165) is 4.57 Å². The molecule has 9 nitrogen and oxygen atoms in total. The van der Waals surface area contributed by atoms with Crippen LogP contribution in [0.4, 0.5) is 0 Å². The maximum atomic E-state index is 12.5. The van der Waals surface area contributed by atoms with E-state index in [1.807, 2.05) is 6.07 Å². The van der Waals surface area contributed by atoms with Crippen LogP contribution in [0.1, 0.15) is 15.9 Å². The molecule has 0 saturated carbocycles. The minimum absolute atomic E-state index is 0.108. The Balaban J connectivity index is 1.58. The van der Waals surface area contributed by atoms with Gasteiger partial charge in [-0.1, -0.05) is 18.2 Å². The van der Waals surface area contributed by atoms with Gasteiger partial charge in [0.05, 0.1) is 12.2 Å². The number of aromatic nitrogens is 2. The van der Waals surface area contributed by atoms with Crippen molar-refractivity contribution in [2.24, 2.45) is 11.7 Å². The Morgan fingerprint density at radius 1 is 1.21 bits per heavy atom. The molecular weight excluding hydrogens is 364 g/mol. The van der Waals surface area contributed by atoms with E-state index in [4.69, 9.17) is 10.5 Å². The zero-order valence-corrected chi connectivity index (χ0v) is 15.5. The van der Waals surface area contributed by atoms with Gasteiger partial charge < -0.3 is 15.4 Å². The van der Waals surface area contributed by atoms with Crippen molar-refractivity contribution in [2.75, 3.05) is 19.7 Å². The van der Waals surface area contributed by atoms with Crippen molar-refractivity contribution in [2.45, 2.75) is 19.5 Å². The van der Waals surface area contributed by atoms with Crippen molar-refractivity contribution in [3.05, 3.63) is 68.5 Å². The number of amides is 1. The number of H-pyrrole nitrogens is 1. The average Bonchev–Trinajstić information content (AvgIpc) is 3.05. The molecule has 0 bridgehead atoms. The van der Waals surface area contributed by atoms with Crippen molar-refractivity contribution >= 4 is 11.9 Å². The molecule has 3 N–H and O–H groups in total. The summed E-state index contributed by atoms with van der Waals surface area (Å²) in [6.07, 6.45) is 1.36. The lowest BCUT2D eigenvalue weighted by atomic mass is 10.1. The number of aryl methyl sites for hydroxylation is 1. The molecule has 3 rings (SSSR count). The van der Waals surface area contributed by atoms with Crippen molar-refractivity contribution in [3.8, 4) is 0 Å². The summed E-state index contributed by atoms with van der Waals surface area (Å²) in [4.78, 5) is 51.5. The number of rotatable bonds is 5. The number of nitrogens with one attached hydrogen (secondary N) is 1. The third-order valence-electron chi connectivity index (χ3n) is 4.78. The van der Waals surface area contributed by atoms with Gasteiger partial charge in [0.25, 0.3) is 5.56 Å². The summed E-state index contributed by atoms with van der Waals surface area (Å²) < 4.78 is 6.49. The van der Waals surface area contributed by atoms with Crippen LogP contribution in [-0.4, -0.2) is 52.1 Å². The van der Waals surface area contributed by atoms with Gasteiger partial charge in [-0.15, -0.1) is 0 Å². The summed E-state index contributed by atoms with van der Waals surface area (Å²) in [5.41, 5.74) is 5.78. The second kappa shape index (κ2) is 8.22. The maximum absolute atomic E-state index is 12.5. The first-order chi connectivity index (χ1) is 13.3. The Hall–Kier alpha value is -3.20. The summed E-state index contributed by atoms with van der Waals surface area (Å²) >= 11 is 0. The van der Waals surface area contributed by atoms with Gasteiger partial charge in [-0.05, 0) is 19.1 Å². The summed E-state index contributed by atoms with van der Waals surface area (Å²) in [7, 11) is 0. The van der Waals surface area contributed by atoms with E-state index in [0.29, 0.717) is 24.2 Å². The molecule has 2 heterocycles. The Morgan fingerprint density at radius 2 is 1.93 bits per heavy atom. The molecule has 1 aliphatic heterocycles. The first-order valence-electron chi connectivity index (χ1n) is 8.91. The SMILES string of the molecule is Cc1cn(CC(=O)N2C[C@H](COC(=O)c3ccccc3)[C@@H](N)C2)c(=O)[nH]c1=O. The van der Waals surface area contributed by atoms with E-state index >= 15 is 0 Å². The van der Waals surface area contributed by atoms with E-state index in [1.165, 1.54) is 6.20 Å². The summed E-state index contributed by atoms with van der Waals surface area (Å²) in [6, 6.07) is 8.30. The smallest absolute Gasteiger partial charge is 0.338 e.